The Labute approximate surface area is 165 Å². The van der Waals surface area contributed by atoms with Crippen molar-refractivity contribution in [2.24, 2.45) is 0 Å². The van der Waals surface area contributed by atoms with Gasteiger partial charge in [0.15, 0.2) is 0 Å². The molecule has 1 aliphatic rings. The molecule has 2 heterocycles. The van der Waals surface area contributed by atoms with Gasteiger partial charge in [0.1, 0.15) is 6.10 Å². The van der Waals surface area contributed by atoms with Gasteiger partial charge < -0.3 is 4.74 Å². The molecule has 0 unspecified atom stereocenters. The summed E-state index contributed by atoms with van der Waals surface area (Å²) in [5.41, 5.74) is -0.528. The molecular formula is C17H17ClF3N3O3S. The van der Waals surface area contributed by atoms with Crippen LogP contribution in [0.25, 0.3) is 0 Å². The fraction of sp³-hybridized carbons (Fsp3) is 0.412. The predicted molar refractivity (Wildman–Crippen MR) is 96.3 cm³/mol. The molecule has 1 saturated heterocycles. The molecule has 0 amide bonds. The lowest BCUT2D eigenvalue weighted by molar-refractivity contribution is -0.137. The van der Waals surface area contributed by atoms with Crippen LogP contribution in [0.1, 0.15) is 24.0 Å². The average molecular weight is 436 g/mol. The summed E-state index contributed by atoms with van der Waals surface area (Å²) >= 11 is 5.72. The van der Waals surface area contributed by atoms with E-state index in [9.17, 15) is 21.6 Å². The van der Waals surface area contributed by atoms with Crippen molar-refractivity contribution in [2.45, 2.75) is 30.9 Å². The van der Waals surface area contributed by atoms with Crippen LogP contribution in [0.3, 0.4) is 0 Å². The maximum Gasteiger partial charge on any atom is 0.416 e. The number of hydrogen-bond acceptors (Lipinski definition) is 5. The smallest absolute Gasteiger partial charge is 0.416 e. The Morgan fingerprint density at radius 1 is 1.18 bits per heavy atom. The Balaban J connectivity index is 1.65. The fourth-order valence-electron chi connectivity index (χ4n) is 2.86. The summed E-state index contributed by atoms with van der Waals surface area (Å²) in [5.74, 6) is -0.380. The standard InChI is InChI=1S/C17H17ClF3N3O3S/c18-14-8-22-16(23-9-14)27-15-2-1-7-24(10-15)28(25,26)11-12-3-5-13(6-4-12)17(19,20)21/h3-6,8-9,15H,1-2,7,10-11H2/t15-/m0/s1. The Hall–Kier alpha value is -1.91. The monoisotopic (exact) mass is 435 g/mol. The van der Waals surface area contributed by atoms with E-state index in [0.717, 1.165) is 12.1 Å². The normalized spacial score (nSPS) is 18.8. The lowest BCUT2D eigenvalue weighted by Crippen LogP contribution is -2.44. The summed E-state index contributed by atoms with van der Waals surface area (Å²) in [7, 11) is -3.71. The molecule has 2 aromatic rings. The number of ether oxygens (including phenoxy) is 1. The molecule has 1 aromatic heterocycles. The van der Waals surface area contributed by atoms with Gasteiger partial charge in [0, 0.05) is 6.54 Å². The molecule has 0 bridgehead atoms. The lowest BCUT2D eigenvalue weighted by Gasteiger charge is -2.31. The highest BCUT2D eigenvalue weighted by Crippen LogP contribution is 2.29. The van der Waals surface area contributed by atoms with Gasteiger partial charge >= 0.3 is 12.2 Å². The minimum absolute atomic E-state index is 0.108. The van der Waals surface area contributed by atoms with Crippen molar-refractivity contribution in [2.75, 3.05) is 13.1 Å². The van der Waals surface area contributed by atoms with Crippen molar-refractivity contribution in [1.29, 1.82) is 0 Å². The Morgan fingerprint density at radius 3 is 2.43 bits per heavy atom. The van der Waals surface area contributed by atoms with Crippen molar-refractivity contribution < 1.29 is 26.3 Å². The highest BCUT2D eigenvalue weighted by Gasteiger charge is 2.32. The largest absolute Gasteiger partial charge is 0.459 e. The molecule has 3 rings (SSSR count). The van der Waals surface area contributed by atoms with E-state index >= 15 is 0 Å². The van der Waals surface area contributed by atoms with Gasteiger partial charge in [-0.15, -0.1) is 0 Å². The van der Waals surface area contributed by atoms with Crippen LogP contribution in [0.15, 0.2) is 36.7 Å². The number of benzene rings is 1. The minimum Gasteiger partial charge on any atom is -0.459 e. The van der Waals surface area contributed by atoms with Crippen LogP contribution in [-0.2, 0) is 22.0 Å². The maximum atomic E-state index is 12.7. The van der Waals surface area contributed by atoms with Crippen molar-refractivity contribution >= 4 is 21.6 Å². The first-order chi connectivity index (χ1) is 13.1. The van der Waals surface area contributed by atoms with Crippen LogP contribution in [-0.4, -0.2) is 41.9 Å². The summed E-state index contributed by atoms with van der Waals surface area (Å²) in [5, 5.41) is 0.358. The van der Waals surface area contributed by atoms with Gasteiger partial charge in [0.25, 0.3) is 0 Å². The molecule has 0 aliphatic carbocycles. The molecule has 11 heteroatoms. The number of aromatic nitrogens is 2. The maximum absolute atomic E-state index is 12.7. The van der Waals surface area contributed by atoms with Crippen LogP contribution in [0, 0.1) is 0 Å². The van der Waals surface area contributed by atoms with E-state index in [-0.39, 0.29) is 23.9 Å². The molecular weight excluding hydrogens is 419 g/mol. The van der Waals surface area contributed by atoms with E-state index in [2.05, 4.69) is 9.97 Å². The number of sulfonamides is 1. The van der Waals surface area contributed by atoms with Gasteiger partial charge in [-0.2, -0.15) is 17.5 Å². The zero-order valence-electron chi connectivity index (χ0n) is 14.6. The third-order valence-corrected chi connectivity index (χ3v) is 6.25. The quantitative estimate of drug-likeness (QED) is 0.718. The van der Waals surface area contributed by atoms with Gasteiger partial charge in [-0.1, -0.05) is 23.7 Å². The topological polar surface area (TPSA) is 72.4 Å². The molecule has 1 aromatic carbocycles. The molecule has 28 heavy (non-hydrogen) atoms. The first kappa shape index (κ1) is 20.8. The molecule has 0 spiro atoms. The Morgan fingerprint density at radius 2 is 1.82 bits per heavy atom. The Bertz CT molecular complexity index is 906. The van der Waals surface area contributed by atoms with Crippen LogP contribution < -0.4 is 4.74 Å². The molecule has 0 saturated carbocycles. The molecule has 1 fully saturated rings. The van der Waals surface area contributed by atoms with Crippen LogP contribution in [0.5, 0.6) is 6.01 Å². The van der Waals surface area contributed by atoms with Gasteiger partial charge in [-0.25, -0.2) is 18.4 Å². The number of rotatable bonds is 5. The van der Waals surface area contributed by atoms with Crippen molar-refractivity contribution in [3.05, 3.63) is 52.8 Å². The fourth-order valence-corrected chi connectivity index (χ4v) is 4.55. The summed E-state index contributed by atoms with van der Waals surface area (Å²) in [6.07, 6.45) is -0.892. The van der Waals surface area contributed by atoms with E-state index in [4.69, 9.17) is 16.3 Å². The number of nitrogens with zero attached hydrogens (tertiary/aromatic N) is 3. The lowest BCUT2D eigenvalue weighted by atomic mass is 10.1. The molecule has 1 aliphatic heterocycles. The predicted octanol–water partition coefficient (Wildman–Crippen LogP) is 3.52. The van der Waals surface area contributed by atoms with Gasteiger partial charge in [0.05, 0.1) is 35.3 Å². The minimum atomic E-state index is -4.46. The van der Waals surface area contributed by atoms with Crippen molar-refractivity contribution in [3.63, 3.8) is 0 Å². The second kappa shape index (κ2) is 8.22. The third-order valence-electron chi connectivity index (χ3n) is 4.23. The highest BCUT2D eigenvalue weighted by molar-refractivity contribution is 7.88. The molecule has 0 N–H and O–H groups in total. The summed E-state index contributed by atoms with van der Waals surface area (Å²) in [4.78, 5) is 7.86. The Kier molecular flexibility index (Phi) is 6.11. The highest BCUT2D eigenvalue weighted by atomic mass is 35.5. The first-order valence-electron chi connectivity index (χ1n) is 8.42. The molecule has 152 valence electrons. The zero-order valence-corrected chi connectivity index (χ0v) is 16.1. The summed E-state index contributed by atoms with van der Waals surface area (Å²) in [6, 6.07) is 4.23. The number of halogens is 4. The van der Waals surface area contributed by atoms with Gasteiger partial charge in [0.2, 0.25) is 10.0 Å². The van der Waals surface area contributed by atoms with Gasteiger partial charge in [-0.05, 0) is 30.5 Å². The number of hydrogen-bond donors (Lipinski definition) is 0. The van der Waals surface area contributed by atoms with E-state index < -0.39 is 27.9 Å². The van der Waals surface area contributed by atoms with E-state index in [1.54, 1.807) is 0 Å². The summed E-state index contributed by atoms with van der Waals surface area (Å²) < 4.78 is 70.2. The summed E-state index contributed by atoms with van der Waals surface area (Å²) in [6.45, 7) is 0.444. The van der Waals surface area contributed by atoms with Crippen molar-refractivity contribution in [3.8, 4) is 6.01 Å². The van der Waals surface area contributed by atoms with E-state index in [0.29, 0.717) is 24.4 Å². The number of piperidine rings is 1. The van der Waals surface area contributed by atoms with E-state index in [1.165, 1.54) is 28.8 Å². The van der Waals surface area contributed by atoms with E-state index in [1.807, 2.05) is 0 Å². The molecule has 1 atom stereocenters. The van der Waals surface area contributed by atoms with Gasteiger partial charge in [-0.3, -0.25) is 0 Å². The first-order valence-corrected chi connectivity index (χ1v) is 10.4. The molecule has 0 radical (unpaired) electrons. The third kappa shape index (κ3) is 5.33. The number of alkyl halides is 3. The van der Waals surface area contributed by atoms with Crippen LogP contribution >= 0.6 is 11.6 Å². The second-order valence-corrected chi connectivity index (χ2v) is 8.78. The van der Waals surface area contributed by atoms with Crippen LogP contribution in [0.4, 0.5) is 13.2 Å². The zero-order chi connectivity index (χ0) is 20.4. The average Bonchev–Trinajstić information content (AvgIpc) is 2.63. The van der Waals surface area contributed by atoms with Crippen molar-refractivity contribution in [1.82, 2.24) is 14.3 Å². The second-order valence-electron chi connectivity index (χ2n) is 6.37. The SMILES string of the molecule is O=S(=O)(Cc1ccc(C(F)(F)F)cc1)N1CCC[C@H](Oc2ncc(Cl)cn2)C1. The molecule has 6 nitrogen and oxygen atoms in total. The van der Waals surface area contributed by atoms with Crippen LogP contribution in [0.2, 0.25) is 5.02 Å².